The second kappa shape index (κ2) is 9.03. The van der Waals surface area contributed by atoms with Gasteiger partial charge in [0.25, 0.3) is 11.5 Å². The maximum atomic E-state index is 15.1. The zero-order chi connectivity index (χ0) is 24.9. The van der Waals surface area contributed by atoms with E-state index in [-0.39, 0.29) is 41.1 Å². The molecule has 2 aliphatic rings. The highest BCUT2D eigenvalue weighted by Crippen LogP contribution is 2.44. The van der Waals surface area contributed by atoms with Crippen LogP contribution in [0.1, 0.15) is 72.9 Å². The van der Waals surface area contributed by atoms with Gasteiger partial charge in [0.1, 0.15) is 5.82 Å². The molecule has 0 spiro atoms. The van der Waals surface area contributed by atoms with E-state index in [2.05, 4.69) is 20.3 Å². The highest BCUT2D eigenvalue weighted by Gasteiger charge is 2.30. The number of morpholine rings is 1. The standard InChI is InChI=1S/C26H30FN5O3/c1-13-11-32(12-14(2)35-13)26(34)18-7-22(27)24(28-10-18)29-15(3)19-8-21-23(9-20(19)17-5-6-17)30-16(4)31-25(21)33/h7-10,13-15,17H,5-6,11-12H2,1-4H3,(H,28,29)(H,30,31,33). The molecule has 3 heterocycles. The second-order valence-corrected chi connectivity index (χ2v) is 9.81. The maximum Gasteiger partial charge on any atom is 0.258 e. The van der Waals surface area contributed by atoms with E-state index >= 15 is 4.39 Å². The van der Waals surface area contributed by atoms with Gasteiger partial charge in [0.2, 0.25) is 0 Å². The smallest absolute Gasteiger partial charge is 0.258 e. The number of fused-ring (bicyclic) bond motifs is 1. The number of nitrogens with one attached hydrogen (secondary N) is 2. The first kappa shape index (κ1) is 23.4. The molecule has 0 radical (unpaired) electrons. The Balaban J connectivity index is 1.40. The van der Waals surface area contributed by atoms with Crippen molar-refractivity contribution in [2.24, 2.45) is 0 Å². The van der Waals surface area contributed by atoms with Crippen LogP contribution in [0, 0.1) is 12.7 Å². The lowest BCUT2D eigenvalue weighted by Crippen LogP contribution is -2.48. The van der Waals surface area contributed by atoms with E-state index in [1.165, 1.54) is 12.3 Å². The predicted octanol–water partition coefficient (Wildman–Crippen LogP) is 4.07. The van der Waals surface area contributed by atoms with Crippen LogP contribution in [-0.4, -0.2) is 51.1 Å². The van der Waals surface area contributed by atoms with Gasteiger partial charge in [0.15, 0.2) is 11.6 Å². The molecular formula is C26H30FN5O3. The molecule has 35 heavy (non-hydrogen) atoms. The fourth-order valence-corrected chi connectivity index (χ4v) is 4.93. The Morgan fingerprint density at radius 2 is 1.94 bits per heavy atom. The topological polar surface area (TPSA) is 100 Å². The molecule has 1 aliphatic heterocycles. The molecule has 1 saturated carbocycles. The van der Waals surface area contributed by atoms with Crippen LogP contribution >= 0.6 is 0 Å². The van der Waals surface area contributed by atoms with Crippen LogP contribution < -0.4 is 10.9 Å². The van der Waals surface area contributed by atoms with Crippen molar-refractivity contribution in [3.05, 3.63) is 63.1 Å². The van der Waals surface area contributed by atoms with E-state index in [1.807, 2.05) is 32.9 Å². The van der Waals surface area contributed by atoms with Crippen LogP contribution in [0.2, 0.25) is 0 Å². The van der Waals surface area contributed by atoms with Crippen LogP contribution in [0.5, 0.6) is 0 Å². The summed E-state index contributed by atoms with van der Waals surface area (Å²) in [6, 6.07) is 4.76. The molecule has 3 unspecified atom stereocenters. The SMILES string of the molecule is Cc1nc2cc(C3CC3)c(C(C)Nc3ncc(C(=O)N4CC(C)OC(C)C4)cc3F)cc2c(=O)[nH]1. The Labute approximate surface area is 202 Å². The van der Waals surface area contributed by atoms with Gasteiger partial charge in [-0.3, -0.25) is 9.59 Å². The Kier molecular flexibility index (Phi) is 6.04. The summed E-state index contributed by atoms with van der Waals surface area (Å²) in [5.74, 6) is 0.197. The highest BCUT2D eigenvalue weighted by molar-refractivity contribution is 5.94. The molecule has 3 aromatic rings. The molecular weight excluding hydrogens is 449 g/mol. The third-order valence-corrected chi connectivity index (χ3v) is 6.66. The zero-order valence-electron chi connectivity index (χ0n) is 20.4. The van der Waals surface area contributed by atoms with Gasteiger partial charge < -0.3 is 19.9 Å². The monoisotopic (exact) mass is 479 g/mol. The molecule has 1 aromatic carbocycles. The Bertz CT molecular complexity index is 1340. The van der Waals surface area contributed by atoms with Gasteiger partial charge in [-0.2, -0.15) is 0 Å². The molecule has 2 fully saturated rings. The molecule has 9 heteroatoms. The van der Waals surface area contributed by atoms with E-state index in [4.69, 9.17) is 4.74 Å². The van der Waals surface area contributed by atoms with Crippen molar-refractivity contribution < 1.29 is 13.9 Å². The number of aromatic nitrogens is 3. The number of benzene rings is 1. The molecule has 1 saturated heterocycles. The number of carbonyl (C=O) groups excluding carboxylic acids is 1. The summed E-state index contributed by atoms with van der Waals surface area (Å²) < 4.78 is 20.7. The number of aryl methyl sites for hydroxylation is 1. The minimum Gasteiger partial charge on any atom is -0.372 e. The van der Waals surface area contributed by atoms with Gasteiger partial charge in [0, 0.05) is 19.3 Å². The molecule has 3 atom stereocenters. The van der Waals surface area contributed by atoms with Crippen molar-refractivity contribution in [1.29, 1.82) is 0 Å². The van der Waals surface area contributed by atoms with Crippen molar-refractivity contribution >= 4 is 22.6 Å². The van der Waals surface area contributed by atoms with Crippen molar-refractivity contribution in [1.82, 2.24) is 19.9 Å². The fourth-order valence-electron chi connectivity index (χ4n) is 4.93. The maximum absolute atomic E-state index is 15.1. The lowest BCUT2D eigenvalue weighted by atomic mass is 9.95. The average molecular weight is 480 g/mol. The minimum absolute atomic E-state index is 0.0653. The van der Waals surface area contributed by atoms with Gasteiger partial charge in [-0.15, -0.1) is 0 Å². The number of rotatable bonds is 5. The Morgan fingerprint density at radius 1 is 1.23 bits per heavy atom. The van der Waals surface area contributed by atoms with Crippen LogP contribution in [0.3, 0.4) is 0 Å². The van der Waals surface area contributed by atoms with Gasteiger partial charge in [-0.25, -0.2) is 14.4 Å². The fraction of sp³-hybridized carbons (Fsp3) is 0.462. The van der Waals surface area contributed by atoms with Crippen molar-refractivity contribution in [2.75, 3.05) is 18.4 Å². The number of nitrogens with zero attached hydrogens (tertiary/aromatic N) is 3. The van der Waals surface area contributed by atoms with Crippen molar-refractivity contribution in [3.63, 3.8) is 0 Å². The van der Waals surface area contributed by atoms with Gasteiger partial charge >= 0.3 is 0 Å². The summed E-state index contributed by atoms with van der Waals surface area (Å²) >= 11 is 0. The number of anilines is 1. The Morgan fingerprint density at radius 3 is 2.60 bits per heavy atom. The lowest BCUT2D eigenvalue weighted by Gasteiger charge is -2.35. The number of pyridine rings is 1. The Hall–Kier alpha value is -3.33. The summed E-state index contributed by atoms with van der Waals surface area (Å²) in [6.45, 7) is 8.43. The van der Waals surface area contributed by atoms with Crippen molar-refractivity contribution in [2.45, 2.75) is 64.7 Å². The third kappa shape index (κ3) is 4.77. The van der Waals surface area contributed by atoms with Crippen LogP contribution in [0.4, 0.5) is 10.2 Å². The van der Waals surface area contributed by atoms with Gasteiger partial charge in [-0.05, 0) is 75.8 Å². The van der Waals surface area contributed by atoms with Gasteiger partial charge in [-0.1, -0.05) is 0 Å². The predicted molar refractivity (Wildman–Crippen MR) is 131 cm³/mol. The molecule has 2 aromatic heterocycles. The van der Waals surface area contributed by atoms with Gasteiger partial charge in [0.05, 0.1) is 34.7 Å². The number of halogens is 1. The number of hydrogen-bond donors (Lipinski definition) is 2. The first-order valence-corrected chi connectivity index (χ1v) is 12.1. The lowest BCUT2D eigenvalue weighted by molar-refractivity contribution is -0.0586. The number of amides is 1. The van der Waals surface area contributed by atoms with E-state index < -0.39 is 5.82 Å². The zero-order valence-corrected chi connectivity index (χ0v) is 20.4. The van der Waals surface area contributed by atoms with E-state index in [9.17, 15) is 9.59 Å². The quantitative estimate of drug-likeness (QED) is 0.572. The minimum atomic E-state index is -0.596. The highest BCUT2D eigenvalue weighted by atomic mass is 19.1. The first-order chi connectivity index (χ1) is 16.7. The average Bonchev–Trinajstić information content (AvgIpc) is 3.64. The third-order valence-electron chi connectivity index (χ3n) is 6.66. The van der Waals surface area contributed by atoms with Crippen LogP contribution in [-0.2, 0) is 4.74 Å². The van der Waals surface area contributed by atoms with E-state index in [0.717, 1.165) is 24.0 Å². The first-order valence-electron chi connectivity index (χ1n) is 12.1. The normalized spacial score (nSPS) is 21.2. The number of aromatic amines is 1. The molecule has 1 amide bonds. The summed E-state index contributed by atoms with van der Waals surface area (Å²) in [4.78, 5) is 38.6. The summed E-state index contributed by atoms with van der Waals surface area (Å²) in [5, 5.41) is 3.65. The molecule has 0 bridgehead atoms. The number of ether oxygens (including phenoxy) is 1. The van der Waals surface area contributed by atoms with Crippen LogP contribution in [0.25, 0.3) is 10.9 Å². The van der Waals surface area contributed by atoms with Crippen molar-refractivity contribution in [3.8, 4) is 0 Å². The van der Waals surface area contributed by atoms with E-state index in [0.29, 0.717) is 35.7 Å². The molecule has 1 aliphatic carbocycles. The number of carbonyl (C=O) groups is 1. The van der Waals surface area contributed by atoms with E-state index in [1.54, 1.807) is 11.8 Å². The van der Waals surface area contributed by atoms with Crippen LogP contribution in [0.15, 0.2) is 29.2 Å². The number of hydrogen-bond acceptors (Lipinski definition) is 6. The molecule has 2 N–H and O–H groups in total. The summed E-state index contributed by atoms with van der Waals surface area (Å²) in [7, 11) is 0. The second-order valence-electron chi connectivity index (χ2n) is 9.81. The molecule has 8 nitrogen and oxygen atoms in total. The molecule has 184 valence electrons. The summed E-state index contributed by atoms with van der Waals surface area (Å²) in [6.07, 6.45) is 3.42. The number of H-pyrrole nitrogens is 1. The largest absolute Gasteiger partial charge is 0.372 e. The molecule has 5 rings (SSSR count). The summed E-state index contributed by atoms with van der Waals surface area (Å²) in [5.41, 5.74) is 2.73.